The highest BCUT2D eigenvalue weighted by Gasteiger charge is 2.22. The van der Waals surface area contributed by atoms with Crippen LogP contribution in [0.3, 0.4) is 0 Å². The average Bonchev–Trinajstić information content (AvgIpc) is 2.50. The van der Waals surface area contributed by atoms with E-state index in [0.29, 0.717) is 6.04 Å². The second-order valence-corrected chi connectivity index (χ2v) is 6.69. The van der Waals surface area contributed by atoms with Crippen LogP contribution >= 0.6 is 11.6 Å². The molecule has 2 rings (SSSR count). The Hall–Kier alpha value is -0.730. The van der Waals surface area contributed by atoms with Crippen molar-refractivity contribution in [3.63, 3.8) is 0 Å². The SMILES string of the molecule is CCCC1CCCCN1c1ccc(CC(N)CC)c(Cl)c1. The van der Waals surface area contributed by atoms with Crippen LogP contribution in [-0.2, 0) is 6.42 Å². The maximum Gasteiger partial charge on any atom is 0.0459 e. The first-order valence-electron chi connectivity index (χ1n) is 8.46. The van der Waals surface area contributed by atoms with E-state index in [-0.39, 0.29) is 6.04 Å². The molecule has 1 aliphatic heterocycles. The van der Waals surface area contributed by atoms with Crippen LogP contribution < -0.4 is 10.6 Å². The summed E-state index contributed by atoms with van der Waals surface area (Å²) < 4.78 is 0. The number of anilines is 1. The van der Waals surface area contributed by atoms with E-state index in [1.54, 1.807) is 0 Å². The molecule has 1 saturated heterocycles. The fraction of sp³-hybridized carbons (Fsp3) is 0.667. The van der Waals surface area contributed by atoms with Crippen molar-refractivity contribution in [2.75, 3.05) is 11.4 Å². The number of rotatable bonds is 6. The van der Waals surface area contributed by atoms with E-state index in [1.165, 1.54) is 43.4 Å². The largest absolute Gasteiger partial charge is 0.369 e. The molecule has 0 aromatic heterocycles. The van der Waals surface area contributed by atoms with Gasteiger partial charge in [0, 0.05) is 29.3 Å². The van der Waals surface area contributed by atoms with Gasteiger partial charge in [-0.1, -0.05) is 37.9 Å². The molecular formula is C18H29ClN2. The number of nitrogens with zero attached hydrogens (tertiary/aromatic N) is 1. The maximum atomic E-state index is 6.49. The minimum absolute atomic E-state index is 0.205. The van der Waals surface area contributed by atoms with Crippen LogP contribution in [0.4, 0.5) is 5.69 Å². The summed E-state index contributed by atoms with van der Waals surface area (Å²) in [6.45, 7) is 5.56. The van der Waals surface area contributed by atoms with Gasteiger partial charge in [0.1, 0.15) is 0 Å². The van der Waals surface area contributed by atoms with Crippen LogP contribution in [0.15, 0.2) is 18.2 Å². The van der Waals surface area contributed by atoms with Gasteiger partial charge in [-0.15, -0.1) is 0 Å². The fourth-order valence-corrected chi connectivity index (χ4v) is 3.53. The molecular weight excluding hydrogens is 280 g/mol. The lowest BCUT2D eigenvalue weighted by Gasteiger charge is -2.38. The van der Waals surface area contributed by atoms with Gasteiger partial charge in [0.2, 0.25) is 0 Å². The van der Waals surface area contributed by atoms with Crippen LogP contribution in [0.5, 0.6) is 0 Å². The number of benzene rings is 1. The summed E-state index contributed by atoms with van der Waals surface area (Å²) in [6, 6.07) is 7.44. The third kappa shape index (κ3) is 4.37. The molecule has 0 aliphatic carbocycles. The van der Waals surface area contributed by atoms with E-state index in [9.17, 15) is 0 Å². The Kier molecular flexibility index (Phi) is 6.38. The molecule has 0 amide bonds. The van der Waals surface area contributed by atoms with Gasteiger partial charge in [-0.3, -0.25) is 0 Å². The van der Waals surface area contributed by atoms with Gasteiger partial charge in [0.25, 0.3) is 0 Å². The average molecular weight is 309 g/mol. The fourth-order valence-electron chi connectivity index (χ4n) is 3.28. The Balaban J connectivity index is 2.14. The van der Waals surface area contributed by atoms with Gasteiger partial charge >= 0.3 is 0 Å². The molecule has 3 heteroatoms. The Morgan fingerprint density at radius 1 is 1.33 bits per heavy atom. The lowest BCUT2D eigenvalue weighted by atomic mass is 9.97. The summed E-state index contributed by atoms with van der Waals surface area (Å²) in [5.74, 6) is 0. The first-order valence-corrected chi connectivity index (χ1v) is 8.84. The van der Waals surface area contributed by atoms with Crippen molar-refractivity contribution in [1.29, 1.82) is 0 Å². The summed E-state index contributed by atoms with van der Waals surface area (Å²) in [5.41, 5.74) is 8.51. The zero-order chi connectivity index (χ0) is 15.2. The molecule has 1 fully saturated rings. The van der Waals surface area contributed by atoms with E-state index in [1.807, 2.05) is 0 Å². The number of nitrogens with two attached hydrogens (primary N) is 1. The minimum atomic E-state index is 0.205. The van der Waals surface area contributed by atoms with Crippen LogP contribution in [-0.4, -0.2) is 18.6 Å². The van der Waals surface area contributed by atoms with Crippen molar-refractivity contribution < 1.29 is 0 Å². The van der Waals surface area contributed by atoms with Crippen LogP contribution in [0.2, 0.25) is 5.02 Å². The van der Waals surface area contributed by atoms with Crippen molar-refractivity contribution in [3.05, 3.63) is 28.8 Å². The van der Waals surface area contributed by atoms with E-state index in [0.717, 1.165) is 24.4 Å². The molecule has 2 N–H and O–H groups in total. The monoisotopic (exact) mass is 308 g/mol. The number of halogens is 1. The summed E-state index contributed by atoms with van der Waals surface area (Å²) in [7, 11) is 0. The Morgan fingerprint density at radius 2 is 2.14 bits per heavy atom. The number of hydrogen-bond acceptors (Lipinski definition) is 2. The molecule has 0 saturated carbocycles. The summed E-state index contributed by atoms with van der Waals surface area (Å²) in [6.07, 6.45) is 8.35. The number of hydrogen-bond donors (Lipinski definition) is 1. The van der Waals surface area contributed by atoms with Crippen molar-refractivity contribution in [1.82, 2.24) is 0 Å². The molecule has 0 bridgehead atoms. The highest BCUT2D eigenvalue weighted by Crippen LogP contribution is 2.31. The van der Waals surface area contributed by atoms with E-state index in [2.05, 4.69) is 36.9 Å². The topological polar surface area (TPSA) is 29.3 Å². The Bertz CT molecular complexity index is 445. The molecule has 2 nitrogen and oxygen atoms in total. The lowest BCUT2D eigenvalue weighted by molar-refractivity contribution is 0.435. The van der Waals surface area contributed by atoms with Crippen LogP contribution in [0.1, 0.15) is 57.9 Å². The van der Waals surface area contributed by atoms with E-state index in [4.69, 9.17) is 17.3 Å². The van der Waals surface area contributed by atoms with E-state index < -0.39 is 0 Å². The highest BCUT2D eigenvalue weighted by atomic mass is 35.5. The maximum absolute atomic E-state index is 6.49. The first kappa shape index (κ1) is 16.6. The number of piperidine rings is 1. The van der Waals surface area contributed by atoms with Crippen molar-refractivity contribution in [2.45, 2.75) is 70.9 Å². The summed E-state index contributed by atoms with van der Waals surface area (Å²) in [4.78, 5) is 2.56. The van der Waals surface area contributed by atoms with E-state index >= 15 is 0 Å². The highest BCUT2D eigenvalue weighted by molar-refractivity contribution is 6.31. The predicted octanol–water partition coefficient (Wildman–Crippen LogP) is 4.78. The molecule has 21 heavy (non-hydrogen) atoms. The molecule has 0 spiro atoms. The van der Waals surface area contributed by atoms with Gasteiger partial charge in [-0.25, -0.2) is 0 Å². The second kappa shape index (κ2) is 8.05. The van der Waals surface area contributed by atoms with Gasteiger partial charge < -0.3 is 10.6 Å². The molecule has 0 radical (unpaired) electrons. The molecule has 1 heterocycles. The first-order chi connectivity index (χ1) is 10.2. The molecule has 1 aliphatic rings. The van der Waals surface area contributed by atoms with Crippen LogP contribution in [0.25, 0.3) is 0 Å². The standard InChI is InChI=1S/C18H29ClN2/c1-3-7-16-8-5-6-11-21(16)17-10-9-14(18(19)13-17)12-15(20)4-2/h9-10,13,15-16H,3-8,11-12,20H2,1-2H3. The Labute approximate surface area is 134 Å². The van der Waals surface area contributed by atoms with Crippen molar-refractivity contribution in [3.8, 4) is 0 Å². The third-order valence-corrected chi connectivity index (χ3v) is 4.98. The van der Waals surface area contributed by atoms with Gasteiger partial charge in [0.05, 0.1) is 0 Å². The van der Waals surface area contributed by atoms with Crippen LogP contribution in [0, 0.1) is 0 Å². The zero-order valence-electron chi connectivity index (χ0n) is 13.4. The predicted molar refractivity (Wildman–Crippen MR) is 93.3 cm³/mol. The van der Waals surface area contributed by atoms with Gasteiger partial charge in [-0.05, 0) is 56.2 Å². The summed E-state index contributed by atoms with van der Waals surface area (Å²) >= 11 is 6.49. The lowest BCUT2D eigenvalue weighted by Crippen LogP contribution is -2.39. The molecule has 1 aromatic rings. The Morgan fingerprint density at radius 3 is 2.81 bits per heavy atom. The zero-order valence-corrected chi connectivity index (χ0v) is 14.2. The van der Waals surface area contributed by atoms with Crippen molar-refractivity contribution in [2.24, 2.45) is 5.73 Å². The molecule has 2 atom stereocenters. The summed E-state index contributed by atoms with van der Waals surface area (Å²) in [5, 5.41) is 0.872. The van der Waals surface area contributed by atoms with Gasteiger partial charge in [-0.2, -0.15) is 0 Å². The van der Waals surface area contributed by atoms with Crippen molar-refractivity contribution >= 4 is 17.3 Å². The quantitative estimate of drug-likeness (QED) is 0.819. The van der Waals surface area contributed by atoms with Gasteiger partial charge in [0.15, 0.2) is 0 Å². The second-order valence-electron chi connectivity index (χ2n) is 6.28. The molecule has 1 aromatic carbocycles. The molecule has 118 valence electrons. The third-order valence-electron chi connectivity index (χ3n) is 4.62. The minimum Gasteiger partial charge on any atom is -0.369 e. The normalized spacial score (nSPS) is 20.6. The smallest absolute Gasteiger partial charge is 0.0459 e. The molecule has 2 unspecified atom stereocenters.